The molecule has 1 amide bonds. The van der Waals surface area contributed by atoms with Crippen molar-refractivity contribution in [3.63, 3.8) is 0 Å². The molecule has 9 heteroatoms. The van der Waals surface area contributed by atoms with E-state index in [0.29, 0.717) is 39.2 Å². The van der Waals surface area contributed by atoms with Gasteiger partial charge in [0.15, 0.2) is 0 Å². The summed E-state index contributed by atoms with van der Waals surface area (Å²) in [6.45, 7) is 0.758. The molecule has 2 rings (SSSR count). The molecule has 0 aliphatic heterocycles. The van der Waals surface area contributed by atoms with Crippen molar-refractivity contribution in [2.75, 3.05) is 25.0 Å². The molecule has 0 bridgehead atoms. The first-order valence-corrected chi connectivity index (χ1v) is 10.7. The van der Waals surface area contributed by atoms with Gasteiger partial charge in [0.1, 0.15) is 23.9 Å². The monoisotopic (exact) mass is 539 g/mol. The van der Waals surface area contributed by atoms with Gasteiger partial charge in [0, 0.05) is 27.8 Å². The van der Waals surface area contributed by atoms with Crippen LogP contribution >= 0.6 is 55.1 Å². The predicted octanol–water partition coefficient (Wildman–Crippen LogP) is 6.30. The summed E-state index contributed by atoms with van der Waals surface area (Å²) in [5.41, 5.74) is 0. The topological polar surface area (TPSA) is 59.0 Å². The molecule has 1 N–H and O–H groups in total. The molecule has 2 aromatic rings. The van der Waals surface area contributed by atoms with E-state index in [1.807, 2.05) is 0 Å². The maximum absolute atomic E-state index is 11.3. The van der Waals surface area contributed by atoms with Crippen LogP contribution in [0.15, 0.2) is 42.5 Å². The minimum atomic E-state index is -1.000. The zero-order chi connectivity index (χ0) is 19.8. The molecular weight excluding hydrogens is 525 g/mol. The van der Waals surface area contributed by atoms with Crippen LogP contribution in [0.2, 0.25) is 10.0 Å². The Labute approximate surface area is 184 Å². The Hall–Kier alpha value is -1.15. The molecule has 0 aliphatic carbocycles. The van der Waals surface area contributed by atoms with E-state index in [9.17, 15) is 9.90 Å². The predicted molar refractivity (Wildman–Crippen MR) is 115 cm³/mol. The number of carbonyl (C=O) groups is 1. The molecule has 0 aromatic heterocycles. The molecule has 2 aromatic carbocycles. The third-order valence-corrected chi connectivity index (χ3v) is 6.20. The highest BCUT2D eigenvalue weighted by Crippen LogP contribution is 2.32. The van der Waals surface area contributed by atoms with Gasteiger partial charge in [-0.3, -0.25) is 0 Å². The Morgan fingerprint density at radius 2 is 1.93 bits per heavy atom. The van der Waals surface area contributed by atoms with Gasteiger partial charge in [-0.25, -0.2) is 4.79 Å². The van der Waals surface area contributed by atoms with Crippen LogP contribution in [0.3, 0.4) is 0 Å². The second-order valence-electron chi connectivity index (χ2n) is 5.48. The Kier molecular flexibility index (Phi) is 9.02. The molecule has 5 nitrogen and oxygen atoms in total. The van der Waals surface area contributed by atoms with Crippen molar-refractivity contribution in [2.45, 2.75) is 4.83 Å². The summed E-state index contributed by atoms with van der Waals surface area (Å²) in [4.78, 5) is 12.6. The zero-order valence-electron chi connectivity index (χ0n) is 14.1. The van der Waals surface area contributed by atoms with Crippen molar-refractivity contribution in [1.29, 1.82) is 0 Å². The molecular formula is C18H17Br2Cl2NO4. The highest BCUT2D eigenvalue weighted by atomic mass is 79.9. The molecule has 0 saturated heterocycles. The lowest BCUT2D eigenvalue weighted by atomic mass is 10.3. The fourth-order valence-electron chi connectivity index (χ4n) is 2.15. The summed E-state index contributed by atoms with van der Waals surface area (Å²) in [6, 6.07) is 12.1. The number of rotatable bonds is 9. The highest BCUT2D eigenvalue weighted by Gasteiger charge is 2.16. The van der Waals surface area contributed by atoms with Gasteiger partial charge < -0.3 is 19.5 Å². The van der Waals surface area contributed by atoms with Crippen molar-refractivity contribution in [1.82, 2.24) is 4.90 Å². The van der Waals surface area contributed by atoms with Crippen molar-refractivity contribution < 1.29 is 19.4 Å². The minimum Gasteiger partial charge on any atom is -0.490 e. The van der Waals surface area contributed by atoms with Crippen LogP contribution < -0.4 is 9.47 Å². The molecule has 0 saturated carbocycles. The van der Waals surface area contributed by atoms with Gasteiger partial charge in [-0.1, -0.05) is 61.1 Å². The Bertz CT molecular complexity index is 779. The Morgan fingerprint density at radius 3 is 2.56 bits per heavy atom. The van der Waals surface area contributed by atoms with Crippen LogP contribution in [0.1, 0.15) is 0 Å². The van der Waals surface area contributed by atoms with Gasteiger partial charge in [0.25, 0.3) is 0 Å². The van der Waals surface area contributed by atoms with E-state index in [4.69, 9.17) is 32.7 Å². The van der Waals surface area contributed by atoms with E-state index in [1.165, 1.54) is 4.90 Å². The zero-order valence-corrected chi connectivity index (χ0v) is 18.8. The molecule has 0 aliphatic rings. The molecule has 1 atom stereocenters. The minimum absolute atomic E-state index is 0.0279. The lowest BCUT2D eigenvalue weighted by Gasteiger charge is -2.21. The normalized spacial score (nSPS) is 11.7. The molecule has 0 spiro atoms. The average Bonchev–Trinajstić information content (AvgIpc) is 2.62. The van der Waals surface area contributed by atoms with Gasteiger partial charge in [0.2, 0.25) is 0 Å². The number of alkyl halides is 2. The summed E-state index contributed by atoms with van der Waals surface area (Å²) in [6.07, 6.45) is -1.000. The van der Waals surface area contributed by atoms with Crippen molar-refractivity contribution in [2.24, 2.45) is 0 Å². The fourth-order valence-corrected chi connectivity index (χ4v) is 3.11. The average molecular weight is 542 g/mol. The number of hydrogen-bond acceptors (Lipinski definition) is 3. The smallest absolute Gasteiger partial charge is 0.407 e. The first-order valence-electron chi connectivity index (χ1n) is 7.92. The SMILES string of the molecule is O=C(O)N(CCOc1ccc(Oc2cccc(Cl)c2)cc1Cl)CC(Br)CBr. The van der Waals surface area contributed by atoms with E-state index in [-0.39, 0.29) is 18.0 Å². The van der Waals surface area contributed by atoms with E-state index in [0.717, 1.165) is 0 Å². The maximum Gasteiger partial charge on any atom is 0.407 e. The molecule has 0 fully saturated rings. The number of halogens is 4. The van der Waals surface area contributed by atoms with E-state index in [2.05, 4.69) is 31.9 Å². The van der Waals surface area contributed by atoms with Crippen LogP contribution in [0.5, 0.6) is 17.2 Å². The van der Waals surface area contributed by atoms with Gasteiger partial charge in [-0.05, 0) is 30.3 Å². The first kappa shape index (κ1) is 22.1. The Morgan fingerprint density at radius 1 is 1.19 bits per heavy atom. The van der Waals surface area contributed by atoms with E-state index in [1.54, 1.807) is 42.5 Å². The fraction of sp³-hybridized carbons (Fsp3) is 0.278. The third-order valence-electron chi connectivity index (χ3n) is 3.41. The number of amides is 1. The number of carboxylic acid groups (broad SMARTS) is 1. The summed E-state index contributed by atoms with van der Waals surface area (Å²) in [5.74, 6) is 1.60. The lowest BCUT2D eigenvalue weighted by molar-refractivity contribution is 0.136. The summed E-state index contributed by atoms with van der Waals surface area (Å²) in [5, 5.41) is 10.8. The van der Waals surface area contributed by atoms with E-state index < -0.39 is 6.09 Å². The number of benzene rings is 2. The summed E-state index contributed by atoms with van der Waals surface area (Å²) < 4.78 is 11.3. The van der Waals surface area contributed by atoms with Gasteiger partial charge in [0.05, 0.1) is 11.6 Å². The Balaban J connectivity index is 1.92. The van der Waals surface area contributed by atoms with Crippen molar-refractivity contribution in [3.05, 3.63) is 52.5 Å². The van der Waals surface area contributed by atoms with Crippen LogP contribution in [0, 0.1) is 0 Å². The third kappa shape index (κ3) is 7.41. The maximum atomic E-state index is 11.3. The number of nitrogens with zero attached hydrogens (tertiary/aromatic N) is 1. The molecule has 27 heavy (non-hydrogen) atoms. The quantitative estimate of drug-likeness (QED) is 0.378. The summed E-state index contributed by atoms with van der Waals surface area (Å²) >= 11 is 18.9. The van der Waals surface area contributed by atoms with Crippen molar-refractivity contribution >= 4 is 61.2 Å². The number of ether oxygens (including phenoxy) is 2. The van der Waals surface area contributed by atoms with Crippen LogP contribution in [-0.2, 0) is 0 Å². The second-order valence-corrected chi connectivity index (χ2v) is 8.27. The van der Waals surface area contributed by atoms with Gasteiger partial charge in [-0.2, -0.15) is 0 Å². The highest BCUT2D eigenvalue weighted by molar-refractivity contribution is 9.12. The van der Waals surface area contributed by atoms with Crippen LogP contribution in [0.25, 0.3) is 0 Å². The van der Waals surface area contributed by atoms with Gasteiger partial charge in [-0.15, -0.1) is 0 Å². The van der Waals surface area contributed by atoms with Crippen LogP contribution in [-0.4, -0.2) is 46.0 Å². The van der Waals surface area contributed by atoms with Crippen LogP contribution in [0.4, 0.5) is 4.79 Å². The lowest BCUT2D eigenvalue weighted by Crippen LogP contribution is -2.38. The summed E-state index contributed by atoms with van der Waals surface area (Å²) in [7, 11) is 0. The van der Waals surface area contributed by atoms with E-state index >= 15 is 0 Å². The molecule has 0 radical (unpaired) electrons. The second kappa shape index (κ2) is 11.0. The first-order chi connectivity index (χ1) is 12.9. The molecule has 1 unspecified atom stereocenters. The van der Waals surface area contributed by atoms with Crippen molar-refractivity contribution in [3.8, 4) is 17.2 Å². The molecule has 0 heterocycles. The largest absolute Gasteiger partial charge is 0.490 e. The molecule has 146 valence electrons. The number of hydrogen-bond donors (Lipinski definition) is 1. The standard InChI is InChI=1S/C18H17Br2Cl2NO4/c19-10-12(20)11-23(18(24)25)6-7-26-17-5-4-15(9-16(17)22)27-14-3-1-2-13(21)8-14/h1-5,8-9,12H,6-7,10-11H2,(H,24,25). The van der Waals surface area contributed by atoms with Gasteiger partial charge >= 0.3 is 6.09 Å².